The monoisotopic (exact) mass is 370 g/mol. The first-order valence-corrected chi connectivity index (χ1v) is 8.70. The Hall–Kier alpha value is -3.22. The number of nitro groups is 1. The van der Waals surface area contributed by atoms with Gasteiger partial charge in [0.05, 0.1) is 10.5 Å². The normalized spacial score (nSPS) is 12.7. The highest BCUT2D eigenvalue weighted by atomic mass is 16.6. The number of benzene rings is 2. The molecule has 0 bridgehead atoms. The SMILES string of the molecule is CC[C@@H](CNC(=O)[C@H](C)OC(=O)c1cccc([N+](=O)[O-])c1)c1ccccc1. The van der Waals surface area contributed by atoms with E-state index >= 15 is 0 Å². The van der Waals surface area contributed by atoms with Gasteiger partial charge in [0.15, 0.2) is 6.10 Å². The molecule has 27 heavy (non-hydrogen) atoms. The Kier molecular flexibility index (Phi) is 7.05. The second-order valence-corrected chi connectivity index (χ2v) is 6.12. The van der Waals surface area contributed by atoms with Crippen LogP contribution in [0.5, 0.6) is 0 Å². The van der Waals surface area contributed by atoms with Gasteiger partial charge in [-0.1, -0.05) is 43.3 Å². The second-order valence-electron chi connectivity index (χ2n) is 6.12. The smallest absolute Gasteiger partial charge is 0.339 e. The van der Waals surface area contributed by atoms with Crippen LogP contribution >= 0.6 is 0 Å². The lowest BCUT2D eigenvalue weighted by atomic mass is 9.96. The van der Waals surface area contributed by atoms with Crippen molar-refractivity contribution < 1.29 is 19.2 Å². The van der Waals surface area contributed by atoms with E-state index in [2.05, 4.69) is 5.32 Å². The Morgan fingerprint density at radius 1 is 1.15 bits per heavy atom. The standard InChI is InChI=1S/C20H22N2O5/c1-3-15(16-8-5-4-6-9-16)13-21-19(23)14(2)27-20(24)17-10-7-11-18(12-17)22(25)26/h4-12,14-15H,3,13H2,1-2H3,(H,21,23)/t14-,15-/m0/s1. The summed E-state index contributed by atoms with van der Waals surface area (Å²) >= 11 is 0. The molecule has 2 aromatic carbocycles. The molecule has 0 fully saturated rings. The Balaban J connectivity index is 1.92. The summed E-state index contributed by atoms with van der Waals surface area (Å²) in [5.74, 6) is -1.03. The van der Waals surface area contributed by atoms with Crippen molar-refractivity contribution in [3.05, 3.63) is 75.8 Å². The van der Waals surface area contributed by atoms with Crippen LogP contribution in [-0.4, -0.2) is 29.4 Å². The van der Waals surface area contributed by atoms with Gasteiger partial charge in [-0.15, -0.1) is 0 Å². The molecule has 7 nitrogen and oxygen atoms in total. The van der Waals surface area contributed by atoms with E-state index in [0.717, 1.165) is 18.1 Å². The van der Waals surface area contributed by atoms with Crippen LogP contribution in [0.2, 0.25) is 0 Å². The van der Waals surface area contributed by atoms with Crippen LogP contribution in [0.15, 0.2) is 54.6 Å². The van der Waals surface area contributed by atoms with E-state index in [4.69, 9.17) is 4.74 Å². The molecule has 1 N–H and O–H groups in total. The number of carbonyl (C=O) groups excluding carboxylic acids is 2. The summed E-state index contributed by atoms with van der Waals surface area (Å²) < 4.78 is 5.13. The van der Waals surface area contributed by atoms with Gasteiger partial charge in [-0.2, -0.15) is 0 Å². The topological polar surface area (TPSA) is 98.5 Å². The fourth-order valence-corrected chi connectivity index (χ4v) is 2.62. The maximum atomic E-state index is 12.2. The molecule has 2 aromatic rings. The summed E-state index contributed by atoms with van der Waals surface area (Å²) in [6.45, 7) is 3.93. The van der Waals surface area contributed by atoms with Crippen LogP contribution in [0.1, 0.15) is 42.1 Å². The van der Waals surface area contributed by atoms with E-state index in [1.807, 2.05) is 37.3 Å². The van der Waals surface area contributed by atoms with Gasteiger partial charge in [0, 0.05) is 24.6 Å². The van der Waals surface area contributed by atoms with E-state index in [-0.39, 0.29) is 17.2 Å². The number of esters is 1. The highest BCUT2D eigenvalue weighted by Crippen LogP contribution is 2.18. The molecule has 0 saturated heterocycles. The molecular formula is C20H22N2O5. The third kappa shape index (κ3) is 5.64. The first-order valence-electron chi connectivity index (χ1n) is 8.70. The van der Waals surface area contributed by atoms with Gasteiger partial charge in [-0.05, 0) is 25.0 Å². The van der Waals surface area contributed by atoms with E-state index < -0.39 is 22.9 Å². The first kappa shape index (κ1) is 20.1. The molecule has 142 valence electrons. The van der Waals surface area contributed by atoms with Gasteiger partial charge in [0.25, 0.3) is 11.6 Å². The third-order valence-electron chi connectivity index (χ3n) is 4.23. The summed E-state index contributed by atoms with van der Waals surface area (Å²) in [5.41, 5.74) is 0.941. The molecule has 0 saturated carbocycles. The van der Waals surface area contributed by atoms with Crippen LogP contribution in [0.25, 0.3) is 0 Å². The molecule has 2 rings (SSSR count). The lowest BCUT2D eigenvalue weighted by Gasteiger charge is -2.18. The predicted molar refractivity (Wildman–Crippen MR) is 100 cm³/mol. The minimum atomic E-state index is -1.01. The molecule has 7 heteroatoms. The molecule has 0 aliphatic carbocycles. The largest absolute Gasteiger partial charge is 0.449 e. The fraction of sp³-hybridized carbons (Fsp3) is 0.300. The third-order valence-corrected chi connectivity index (χ3v) is 4.23. The van der Waals surface area contributed by atoms with Crippen LogP contribution in [0, 0.1) is 10.1 Å². The van der Waals surface area contributed by atoms with E-state index in [1.165, 1.54) is 25.1 Å². The van der Waals surface area contributed by atoms with Gasteiger partial charge in [-0.3, -0.25) is 14.9 Å². The highest BCUT2D eigenvalue weighted by Gasteiger charge is 2.21. The molecule has 0 spiro atoms. The van der Waals surface area contributed by atoms with Crippen LogP contribution < -0.4 is 5.32 Å². The van der Waals surface area contributed by atoms with Crippen molar-refractivity contribution >= 4 is 17.6 Å². The van der Waals surface area contributed by atoms with Gasteiger partial charge in [-0.25, -0.2) is 4.79 Å². The fourth-order valence-electron chi connectivity index (χ4n) is 2.62. The average molecular weight is 370 g/mol. The van der Waals surface area contributed by atoms with E-state index in [0.29, 0.717) is 6.54 Å². The number of nitrogens with zero attached hydrogens (tertiary/aromatic N) is 1. The van der Waals surface area contributed by atoms with Crippen molar-refractivity contribution in [2.75, 3.05) is 6.54 Å². The molecule has 2 atom stereocenters. The van der Waals surface area contributed by atoms with Gasteiger partial charge in [0.1, 0.15) is 0 Å². The molecule has 1 amide bonds. The van der Waals surface area contributed by atoms with E-state index in [9.17, 15) is 19.7 Å². The number of ether oxygens (including phenoxy) is 1. The van der Waals surface area contributed by atoms with Crippen molar-refractivity contribution in [2.45, 2.75) is 32.3 Å². The van der Waals surface area contributed by atoms with Gasteiger partial charge in [0.2, 0.25) is 0 Å². The number of hydrogen-bond acceptors (Lipinski definition) is 5. The molecular weight excluding hydrogens is 348 g/mol. The maximum Gasteiger partial charge on any atom is 0.339 e. The van der Waals surface area contributed by atoms with E-state index in [1.54, 1.807) is 0 Å². The molecule has 0 aliphatic heterocycles. The molecule has 0 unspecified atom stereocenters. The molecule has 0 radical (unpaired) electrons. The number of nitrogens with one attached hydrogen (secondary N) is 1. The van der Waals surface area contributed by atoms with Crippen LogP contribution in [0.3, 0.4) is 0 Å². The molecule has 0 aromatic heterocycles. The maximum absolute atomic E-state index is 12.2. The minimum Gasteiger partial charge on any atom is -0.449 e. The average Bonchev–Trinajstić information content (AvgIpc) is 2.69. The van der Waals surface area contributed by atoms with Crippen molar-refractivity contribution in [3.63, 3.8) is 0 Å². The zero-order chi connectivity index (χ0) is 19.8. The van der Waals surface area contributed by atoms with Crippen molar-refractivity contribution in [3.8, 4) is 0 Å². The summed E-state index contributed by atoms with van der Waals surface area (Å²) in [4.78, 5) is 34.6. The van der Waals surface area contributed by atoms with Crippen LogP contribution in [-0.2, 0) is 9.53 Å². The molecule has 0 heterocycles. The lowest BCUT2D eigenvalue weighted by Crippen LogP contribution is -2.38. The number of amides is 1. The summed E-state index contributed by atoms with van der Waals surface area (Å²) in [6.07, 6.45) is -0.156. The van der Waals surface area contributed by atoms with Crippen molar-refractivity contribution in [1.82, 2.24) is 5.32 Å². The van der Waals surface area contributed by atoms with Crippen molar-refractivity contribution in [2.24, 2.45) is 0 Å². The zero-order valence-corrected chi connectivity index (χ0v) is 15.3. The Labute approximate surface area is 157 Å². The highest BCUT2D eigenvalue weighted by molar-refractivity contribution is 5.92. The molecule has 0 aliphatic rings. The van der Waals surface area contributed by atoms with Crippen molar-refractivity contribution in [1.29, 1.82) is 0 Å². The first-order chi connectivity index (χ1) is 12.9. The van der Waals surface area contributed by atoms with Crippen LogP contribution in [0.4, 0.5) is 5.69 Å². The lowest BCUT2D eigenvalue weighted by molar-refractivity contribution is -0.384. The minimum absolute atomic E-state index is 0.0274. The predicted octanol–water partition coefficient (Wildman–Crippen LogP) is 3.45. The number of nitro benzene ring substituents is 1. The quantitative estimate of drug-likeness (QED) is 0.436. The number of carbonyl (C=O) groups is 2. The Morgan fingerprint density at radius 3 is 2.48 bits per heavy atom. The zero-order valence-electron chi connectivity index (χ0n) is 15.3. The summed E-state index contributed by atoms with van der Waals surface area (Å²) in [7, 11) is 0. The van der Waals surface area contributed by atoms with Gasteiger partial charge < -0.3 is 10.1 Å². The summed E-state index contributed by atoms with van der Waals surface area (Å²) in [5, 5.41) is 13.6. The second kappa shape index (κ2) is 9.47. The Morgan fingerprint density at radius 2 is 1.85 bits per heavy atom. The number of hydrogen-bond donors (Lipinski definition) is 1. The number of non-ortho nitro benzene ring substituents is 1. The number of rotatable bonds is 8. The Bertz CT molecular complexity index is 807. The summed E-state index contributed by atoms with van der Waals surface area (Å²) in [6, 6.07) is 15.0. The van der Waals surface area contributed by atoms with Gasteiger partial charge >= 0.3 is 5.97 Å².